The Morgan fingerprint density at radius 2 is 1.47 bits per heavy atom. The first-order valence-corrected chi connectivity index (χ1v) is 17.2. The van der Waals surface area contributed by atoms with Gasteiger partial charge < -0.3 is 25.5 Å². The summed E-state index contributed by atoms with van der Waals surface area (Å²) in [6.45, 7) is 7.43. The van der Waals surface area contributed by atoms with Crippen molar-refractivity contribution in [1.29, 1.82) is 0 Å². The summed E-state index contributed by atoms with van der Waals surface area (Å²) in [5, 5.41) is 28.9. The number of aliphatic carboxylic acids is 2. The number of thioether (sulfide) groups is 2. The number of benzene rings is 3. The minimum atomic E-state index is -1.02. The fourth-order valence-electron chi connectivity index (χ4n) is 5.09. The predicted octanol–water partition coefficient (Wildman–Crippen LogP) is 7.52. The quantitative estimate of drug-likeness (QED) is 0.0652. The molecular weight excluding hydrogens is 641 g/mol. The smallest absolute Gasteiger partial charge is 0.304 e. The van der Waals surface area contributed by atoms with Crippen molar-refractivity contribution in [3.8, 4) is 11.5 Å². The summed E-state index contributed by atoms with van der Waals surface area (Å²) in [5.74, 6) is -1.66. The van der Waals surface area contributed by atoms with Crippen molar-refractivity contribution in [2.45, 2.75) is 74.8 Å². The molecule has 0 heterocycles. The highest BCUT2D eigenvalue weighted by Gasteiger charge is 2.24. The van der Waals surface area contributed by atoms with Gasteiger partial charge in [0.15, 0.2) is 11.6 Å². The Balaban J connectivity index is 0.00000768. The van der Waals surface area contributed by atoms with Gasteiger partial charge in [0, 0.05) is 44.3 Å². The van der Waals surface area contributed by atoms with Crippen LogP contribution in [-0.4, -0.2) is 56.7 Å². The van der Waals surface area contributed by atoms with Gasteiger partial charge in [-0.15, -0.1) is 23.5 Å². The van der Waals surface area contributed by atoms with E-state index >= 15 is 0 Å². The molecule has 0 fully saturated rings. The number of aromatic hydroxyl groups is 1. The number of hydrogen-bond acceptors (Lipinski definition) is 8. The molecule has 0 bridgehead atoms. The average molecular weight is 685 g/mol. The van der Waals surface area contributed by atoms with E-state index < -0.39 is 17.9 Å². The van der Waals surface area contributed by atoms with Crippen LogP contribution in [0.3, 0.4) is 0 Å². The van der Waals surface area contributed by atoms with E-state index in [1.807, 2.05) is 50.2 Å². The van der Waals surface area contributed by atoms with Crippen LogP contribution in [0.1, 0.15) is 90.5 Å². The molecule has 0 radical (unpaired) electrons. The van der Waals surface area contributed by atoms with Crippen LogP contribution in [0.5, 0.6) is 11.5 Å². The Kier molecular flexibility index (Phi) is 16.0. The van der Waals surface area contributed by atoms with Crippen molar-refractivity contribution in [1.82, 2.24) is 0 Å². The molecule has 0 aromatic heterocycles. The standard InChI is InChI=1S/C36H42O8S2.H2O/c1-5-7-30-31(17-16-29(24(4)37)35(30)43)44-18-6-19-45-27-12-10-26(11-13-27)36(23(3)21-33(40)41)46-28-14-8-25(9-15-28)34(42)22(2)20-32(38)39;/h8-17,22-23,36,43H,5-7,18-21H2,1-4H3,(H,38,39)(H,40,41);1H2. The van der Waals surface area contributed by atoms with E-state index in [0.29, 0.717) is 35.5 Å². The highest BCUT2D eigenvalue weighted by molar-refractivity contribution is 7.99. The highest BCUT2D eigenvalue weighted by atomic mass is 32.2. The van der Waals surface area contributed by atoms with Crippen LogP contribution < -0.4 is 4.74 Å². The van der Waals surface area contributed by atoms with Crippen LogP contribution >= 0.6 is 23.5 Å². The summed E-state index contributed by atoms with van der Waals surface area (Å²) in [5.41, 5.74) is 2.42. The molecule has 0 saturated heterocycles. The van der Waals surface area contributed by atoms with Crippen molar-refractivity contribution >= 4 is 47.0 Å². The lowest BCUT2D eigenvalue weighted by Gasteiger charge is -2.23. The lowest BCUT2D eigenvalue weighted by atomic mass is 9.96. The fraction of sp³-hybridized carbons (Fsp3) is 0.389. The first kappa shape index (κ1) is 39.4. The SMILES string of the molecule is CCCc1c(OCCCSc2ccc(C(Sc3ccc(C(=O)C(C)CC(=O)O)cc3)C(C)CC(=O)O)cc2)ccc(C(C)=O)c1O.O. The van der Waals surface area contributed by atoms with Crippen molar-refractivity contribution in [3.05, 3.63) is 82.9 Å². The molecule has 0 aliphatic heterocycles. The Morgan fingerprint density at radius 3 is 2.04 bits per heavy atom. The number of ether oxygens (including phenoxy) is 1. The van der Waals surface area contributed by atoms with Crippen molar-refractivity contribution in [2.75, 3.05) is 12.4 Å². The molecule has 3 aromatic carbocycles. The van der Waals surface area contributed by atoms with Gasteiger partial charge in [-0.1, -0.05) is 51.5 Å². The minimum absolute atomic E-state index is 0. The molecule has 0 amide bonds. The van der Waals surface area contributed by atoms with Gasteiger partial charge in [-0.05, 0) is 67.6 Å². The van der Waals surface area contributed by atoms with Crippen LogP contribution in [0.2, 0.25) is 0 Å². The summed E-state index contributed by atoms with van der Waals surface area (Å²) < 4.78 is 5.98. The van der Waals surface area contributed by atoms with Crippen molar-refractivity contribution in [3.63, 3.8) is 0 Å². The Morgan fingerprint density at radius 1 is 0.851 bits per heavy atom. The number of carboxylic acid groups (broad SMARTS) is 2. The molecule has 5 N–H and O–H groups in total. The molecule has 9 nitrogen and oxygen atoms in total. The summed E-state index contributed by atoms with van der Waals surface area (Å²) in [4.78, 5) is 48.9. The molecule has 0 aliphatic rings. The molecule has 3 atom stereocenters. The lowest BCUT2D eigenvalue weighted by molar-refractivity contribution is -0.138. The number of rotatable bonds is 19. The third-order valence-corrected chi connectivity index (χ3v) is 10.1. The second-order valence-corrected chi connectivity index (χ2v) is 13.7. The van der Waals surface area contributed by atoms with E-state index in [-0.39, 0.29) is 46.8 Å². The molecule has 3 rings (SSSR count). The molecule has 3 unspecified atom stereocenters. The highest BCUT2D eigenvalue weighted by Crippen LogP contribution is 2.42. The normalized spacial score (nSPS) is 12.8. The summed E-state index contributed by atoms with van der Waals surface area (Å²) in [7, 11) is 0. The monoisotopic (exact) mass is 684 g/mol. The van der Waals surface area contributed by atoms with Crippen molar-refractivity contribution in [2.24, 2.45) is 11.8 Å². The predicted molar refractivity (Wildman–Crippen MR) is 185 cm³/mol. The maximum atomic E-state index is 12.6. The first-order valence-electron chi connectivity index (χ1n) is 15.4. The van der Waals surface area contributed by atoms with Crippen LogP contribution in [-0.2, 0) is 16.0 Å². The summed E-state index contributed by atoms with van der Waals surface area (Å²) >= 11 is 3.23. The van der Waals surface area contributed by atoms with Crippen LogP contribution in [0.25, 0.3) is 0 Å². The number of carbonyl (C=O) groups excluding carboxylic acids is 2. The number of phenols is 1. The van der Waals surface area contributed by atoms with Gasteiger partial charge in [-0.2, -0.15) is 0 Å². The Bertz CT molecular complexity index is 1500. The first-order chi connectivity index (χ1) is 21.9. The van der Waals surface area contributed by atoms with Gasteiger partial charge in [0.05, 0.1) is 18.6 Å². The number of Topliss-reactive ketones (excluding diaryl/α,β-unsaturated/α-hetero) is 2. The van der Waals surface area contributed by atoms with Crippen molar-refractivity contribution < 1.29 is 44.7 Å². The molecule has 254 valence electrons. The second kappa shape index (κ2) is 19.1. The fourth-order valence-corrected chi connectivity index (χ4v) is 7.13. The summed E-state index contributed by atoms with van der Waals surface area (Å²) in [6.07, 6.45) is 1.98. The molecular formula is C36H44O9S2. The van der Waals surface area contributed by atoms with Gasteiger partial charge in [-0.25, -0.2) is 0 Å². The number of ketones is 2. The van der Waals surface area contributed by atoms with E-state index in [2.05, 4.69) is 0 Å². The maximum absolute atomic E-state index is 12.6. The summed E-state index contributed by atoms with van der Waals surface area (Å²) in [6, 6.07) is 18.5. The van der Waals surface area contributed by atoms with Gasteiger partial charge in [0.1, 0.15) is 11.5 Å². The molecule has 47 heavy (non-hydrogen) atoms. The number of carboxylic acids is 2. The van der Waals surface area contributed by atoms with Gasteiger partial charge in [-0.3, -0.25) is 19.2 Å². The van der Waals surface area contributed by atoms with Crippen LogP contribution in [0.4, 0.5) is 0 Å². The second-order valence-electron chi connectivity index (χ2n) is 11.4. The number of carbonyl (C=O) groups is 4. The molecule has 0 aliphatic carbocycles. The topological polar surface area (TPSA) is 170 Å². The van der Waals surface area contributed by atoms with E-state index in [1.165, 1.54) is 18.7 Å². The zero-order valence-electron chi connectivity index (χ0n) is 27.2. The third-order valence-electron chi connectivity index (χ3n) is 7.49. The lowest BCUT2D eigenvalue weighted by Crippen LogP contribution is -2.15. The Hall–Kier alpha value is -3.80. The molecule has 11 heteroatoms. The average Bonchev–Trinajstić information content (AvgIpc) is 3.00. The van der Waals surface area contributed by atoms with E-state index in [4.69, 9.17) is 9.84 Å². The third kappa shape index (κ3) is 11.7. The van der Waals surface area contributed by atoms with E-state index in [1.54, 1.807) is 43.0 Å². The number of phenolic OH excluding ortho intramolecular Hbond substituents is 1. The van der Waals surface area contributed by atoms with Gasteiger partial charge >= 0.3 is 11.9 Å². The number of hydrogen-bond donors (Lipinski definition) is 3. The largest absolute Gasteiger partial charge is 0.507 e. The van der Waals surface area contributed by atoms with Crippen LogP contribution in [0.15, 0.2) is 70.5 Å². The van der Waals surface area contributed by atoms with E-state index in [9.17, 15) is 29.4 Å². The van der Waals surface area contributed by atoms with Gasteiger partial charge in [0.2, 0.25) is 0 Å². The zero-order valence-corrected chi connectivity index (χ0v) is 28.8. The van der Waals surface area contributed by atoms with E-state index in [0.717, 1.165) is 33.9 Å². The minimum Gasteiger partial charge on any atom is -0.507 e. The Labute approximate surface area is 284 Å². The molecule has 3 aromatic rings. The zero-order chi connectivity index (χ0) is 33.8. The molecule has 0 saturated carbocycles. The molecule has 0 spiro atoms. The van der Waals surface area contributed by atoms with Crippen LogP contribution in [0, 0.1) is 11.8 Å². The maximum Gasteiger partial charge on any atom is 0.304 e. The van der Waals surface area contributed by atoms with Gasteiger partial charge in [0.25, 0.3) is 0 Å².